The highest BCUT2D eigenvalue weighted by Crippen LogP contribution is 2.42. The van der Waals surface area contributed by atoms with E-state index in [-0.39, 0.29) is 23.8 Å². The minimum Gasteiger partial charge on any atom is -0.486 e. The molecule has 0 radical (unpaired) electrons. The van der Waals surface area contributed by atoms with E-state index in [1.54, 1.807) is 0 Å². The van der Waals surface area contributed by atoms with Crippen LogP contribution in [-0.4, -0.2) is 24.5 Å². The molecular formula is C15H19Cl2NO2. The lowest BCUT2D eigenvalue weighted by atomic mass is 9.82. The Labute approximate surface area is 130 Å². The molecule has 1 aromatic carbocycles. The molecule has 1 fully saturated rings. The van der Waals surface area contributed by atoms with Gasteiger partial charge in [-0.1, -0.05) is 11.6 Å². The summed E-state index contributed by atoms with van der Waals surface area (Å²) in [5.41, 5.74) is 2.20. The predicted octanol–water partition coefficient (Wildman–Crippen LogP) is 3.47. The quantitative estimate of drug-likeness (QED) is 0.796. The van der Waals surface area contributed by atoms with Crippen LogP contribution in [-0.2, 0) is 0 Å². The number of carbonyl (C=O) groups is 1. The summed E-state index contributed by atoms with van der Waals surface area (Å²) in [6, 6.07) is 1.91. The lowest BCUT2D eigenvalue weighted by Gasteiger charge is -2.41. The molecular weight excluding hydrogens is 297 g/mol. The van der Waals surface area contributed by atoms with Crippen LogP contribution >= 0.6 is 24.0 Å². The van der Waals surface area contributed by atoms with E-state index >= 15 is 0 Å². The van der Waals surface area contributed by atoms with Crippen LogP contribution in [0, 0.1) is 13.8 Å². The van der Waals surface area contributed by atoms with Crippen molar-refractivity contribution in [3.8, 4) is 5.75 Å². The number of carbonyl (C=O) groups excluding carboxylic acids is 1. The summed E-state index contributed by atoms with van der Waals surface area (Å²) >= 11 is 6.24. The zero-order chi connectivity index (χ0) is 13.6. The second-order valence-corrected chi connectivity index (χ2v) is 6.02. The highest BCUT2D eigenvalue weighted by molar-refractivity contribution is 6.32. The zero-order valence-corrected chi connectivity index (χ0v) is 13.3. The Morgan fingerprint density at radius 3 is 2.60 bits per heavy atom. The molecule has 0 unspecified atom stereocenters. The Balaban J connectivity index is 0.00000147. The normalized spacial score (nSPS) is 20.1. The number of benzene rings is 1. The molecule has 110 valence electrons. The Morgan fingerprint density at radius 1 is 1.30 bits per heavy atom. The van der Waals surface area contributed by atoms with Crippen LogP contribution in [0.25, 0.3) is 0 Å². The van der Waals surface area contributed by atoms with Crippen molar-refractivity contribution in [3.05, 3.63) is 27.8 Å². The third-order valence-corrected chi connectivity index (χ3v) is 4.83. The van der Waals surface area contributed by atoms with Crippen LogP contribution in [0.4, 0.5) is 0 Å². The van der Waals surface area contributed by atoms with E-state index in [2.05, 4.69) is 5.32 Å². The zero-order valence-electron chi connectivity index (χ0n) is 11.7. The Morgan fingerprint density at radius 2 is 1.95 bits per heavy atom. The Bertz CT molecular complexity index is 551. The van der Waals surface area contributed by atoms with Crippen molar-refractivity contribution >= 4 is 29.8 Å². The number of hydrogen-bond acceptors (Lipinski definition) is 3. The Hall–Kier alpha value is -0.770. The van der Waals surface area contributed by atoms with E-state index < -0.39 is 0 Å². The first-order valence-corrected chi connectivity index (χ1v) is 7.13. The van der Waals surface area contributed by atoms with Gasteiger partial charge in [-0.2, -0.15) is 0 Å². The number of nitrogens with one attached hydrogen (secondary N) is 1. The maximum atomic E-state index is 12.5. The van der Waals surface area contributed by atoms with Gasteiger partial charge in [-0.3, -0.25) is 4.79 Å². The molecule has 2 aliphatic rings. The van der Waals surface area contributed by atoms with Crippen LogP contribution in [0.1, 0.15) is 40.7 Å². The van der Waals surface area contributed by atoms with E-state index in [1.165, 1.54) is 0 Å². The third kappa shape index (κ3) is 2.43. The molecule has 0 bridgehead atoms. The molecule has 1 saturated heterocycles. The number of hydrogen-bond donors (Lipinski definition) is 1. The highest BCUT2D eigenvalue weighted by Gasteiger charge is 2.42. The summed E-state index contributed by atoms with van der Waals surface area (Å²) in [4.78, 5) is 12.5. The van der Waals surface area contributed by atoms with Crippen LogP contribution in [0.2, 0.25) is 5.02 Å². The van der Waals surface area contributed by atoms with Crippen LogP contribution in [0.15, 0.2) is 6.07 Å². The van der Waals surface area contributed by atoms with Gasteiger partial charge in [0.05, 0.1) is 12.0 Å². The first kappa shape index (κ1) is 15.6. The summed E-state index contributed by atoms with van der Waals surface area (Å²) in [5, 5.41) is 3.99. The molecule has 1 N–H and O–H groups in total. The van der Waals surface area contributed by atoms with Crippen molar-refractivity contribution in [2.45, 2.75) is 38.7 Å². The lowest BCUT2D eigenvalue weighted by molar-refractivity contribution is 0.0186. The highest BCUT2D eigenvalue weighted by atomic mass is 35.5. The van der Waals surface area contributed by atoms with Gasteiger partial charge in [-0.15, -0.1) is 12.4 Å². The number of Topliss-reactive ketones (excluding diaryl/α,β-unsaturated/α-hetero) is 1. The number of piperidine rings is 1. The van der Waals surface area contributed by atoms with Crippen LogP contribution in [0.3, 0.4) is 0 Å². The van der Waals surface area contributed by atoms with Crippen molar-refractivity contribution < 1.29 is 9.53 Å². The molecule has 3 rings (SSSR count). The van der Waals surface area contributed by atoms with Crippen molar-refractivity contribution in [3.63, 3.8) is 0 Å². The first-order chi connectivity index (χ1) is 9.02. The van der Waals surface area contributed by atoms with Gasteiger partial charge in [0.15, 0.2) is 5.78 Å². The minimum absolute atomic E-state index is 0. The fourth-order valence-corrected chi connectivity index (χ4v) is 3.31. The van der Waals surface area contributed by atoms with Gasteiger partial charge in [0.1, 0.15) is 11.4 Å². The third-order valence-electron chi connectivity index (χ3n) is 4.25. The molecule has 1 spiro atoms. The average molecular weight is 316 g/mol. The maximum Gasteiger partial charge on any atom is 0.170 e. The van der Waals surface area contributed by atoms with E-state index in [0.29, 0.717) is 17.0 Å². The van der Waals surface area contributed by atoms with Gasteiger partial charge < -0.3 is 10.1 Å². The number of fused-ring (bicyclic) bond motifs is 1. The summed E-state index contributed by atoms with van der Waals surface area (Å²) < 4.78 is 6.23. The second-order valence-electron chi connectivity index (χ2n) is 5.64. The van der Waals surface area contributed by atoms with Gasteiger partial charge in [0.25, 0.3) is 0 Å². The van der Waals surface area contributed by atoms with Crippen LogP contribution < -0.4 is 10.1 Å². The average Bonchev–Trinajstić information content (AvgIpc) is 2.36. The van der Waals surface area contributed by atoms with Gasteiger partial charge in [-0.05, 0) is 44.1 Å². The molecule has 0 atom stereocenters. The minimum atomic E-state index is -0.304. The molecule has 3 nitrogen and oxygen atoms in total. The number of halogens is 2. The number of ether oxygens (including phenoxy) is 1. The fourth-order valence-electron chi connectivity index (χ4n) is 3.16. The fraction of sp³-hybridized carbons (Fsp3) is 0.533. The number of aryl methyl sites for hydroxylation is 1. The SMILES string of the molecule is Cc1cc2c(c(C)c1Cl)C(=O)CC1(CCNCC1)O2.Cl. The number of ketones is 1. The van der Waals surface area contributed by atoms with Gasteiger partial charge in [-0.25, -0.2) is 0 Å². The lowest BCUT2D eigenvalue weighted by Crippen LogP contribution is -2.49. The molecule has 5 heteroatoms. The molecule has 2 heterocycles. The summed E-state index contributed by atoms with van der Waals surface area (Å²) in [6.45, 7) is 5.67. The molecule has 0 saturated carbocycles. The molecule has 0 aliphatic carbocycles. The van der Waals surface area contributed by atoms with Crippen molar-refractivity contribution in [2.75, 3.05) is 13.1 Å². The molecule has 1 aromatic rings. The Kier molecular flexibility index (Phi) is 4.33. The molecule has 20 heavy (non-hydrogen) atoms. The van der Waals surface area contributed by atoms with Gasteiger partial charge in [0.2, 0.25) is 0 Å². The van der Waals surface area contributed by atoms with Crippen molar-refractivity contribution in [1.82, 2.24) is 5.32 Å². The summed E-state index contributed by atoms with van der Waals surface area (Å²) in [6.07, 6.45) is 2.25. The molecule has 0 aromatic heterocycles. The summed E-state index contributed by atoms with van der Waals surface area (Å²) in [5.74, 6) is 0.889. The van der Waals surface area contributed by atoms with E-state index in [0.717, 1.165) is 42.8 Å². The van der Waals surface area contributed by atoms with Gasteiger partial charge >= 0.3 is 0 Å². The second kappa shape index (κ2) is 5.55. The van der Waals surface area contributed by atoms with Crippen molar-refractivity contribution in [1.29, 1.82) is 0 Å². The van der Waals surface area contributed by atoms with E-state index in [1.807, 2.05) is 19.9 Å². The monoisotopic (exact) mass is 315 g/mol. The first-order valence-electron chi connectivity index (χ1n) is 6.75. The number of rotatable bonds is 0. The maximum absolute atomic E-state index is 12.5. The molecule has 2 aliphatic heterocycles. The predicted molar refractivity (Wildman–Crippen MR) is 82.6 cm³/mol. The van der Waals surface area contributed by atoms with Crippen molar-refractivity contribution in [2.24, 2.45) is 0 Å². The standard InChI is InChI=1S/C15H18ClNO2.ClH/c1-9-7-12-13(10(2)14(9)16)11(18)8-15(19-12)3-5-17-6-4-15;/h7,17H,3-6,8H2,1-2H3;1H. The summed E-state index contributed by atoms with van der Waals surface area (Å²) in [7, 11) is 0. The largest absolute Gasteiger partial charge is 0.486 e. The van der Waals surface area contributed by atoms with E-state index in [4.69, 9.17) is 16.3 Å². The topological polar surface area (TPSA) is 38.3 Å². The van der Waals surface area contributed by atoms with Gasteiger partial charge in [0, 0.05) is 17.9 Å². The smallest absolute Gasteiger partial charge is 0.170 e. The van der Waals surface area contributed by atoms with Crippen LogP contribution in [0.5, 0.6) is 5.75 Å². The van der Waals surface area contributed by atoms with E-state index in [9.17, 15) is 4.79 Å². The molecule has 0 amide bonds.